The molecule has 1 unspecified atom stereocenters. The van der Waals surface area contributed by atoms with Crippen LogP contribution in [0.5, 0.6) is 0 Å². The molecule has 104 valence electrons. The van der Waals surface area contributed by atoms with Gasteiger partial charge >= 0.3 is 5.97 Å². The molecular formula is C13H15BrFNO3. The normalized spacial score (nSPS) is 12.3. The Morgan fingerprint density at radius 3 is 2.58 bits per heavy atom. The van der Waals surface area contributed by atoms with Crippen molar-refractivity contribution in [1.82, 2.24) is 5.32 Å². The molecule has 2 N–H and O–H groups in total. The van der Waals surface area contributed by atoms with Gasteiger partial charge in [-0.1, -0.05) is 13.8 Å². The molecule has 0 aliphatic carbocycles. The number of nitrogens with one attached hydrogen (secondary N) is 1. The van der Waals surface area contributed by atoms with Crippen molar-refractivity contribution in [3.05, 3.63) is 34.1 Å². The van der Waals surface area contributed by atoms with Crippen molar-refractivity contribution in [1.29, 1.82) is 0 Å². The van der Waals surface area contributed by atoms with Crippen LogP contribution in [0.4, 0.5) is 4.39 Å². The summed E-state index contributed by atoms with van der Waals surface area (Å²) in [5.41, 5.74) is 0.146. The first-order valence-corrected chi connectivity index (χ1v) is 6.58. The lowest BCUT2D eigenvalue weighted by Gasteiger charge is -2.17. The van der Waals surface area contributed by atoms with Crippen molar-refractivity contribution < 1.29 is 19.1 Å². The summed E-state index contributed by atoms with van der Waals surface area (Å²) in [7, 11) is 0. The summed E-state index contributed by atoms with van der Waals surface area (Å²) in [6.45, 7) is 3.54. The third-order valence-corrected chi connectivity index (χ3v) is 3.47. The van der Waals surface area contributed by atoms with Gasteiger partial charge in [0.25, 0.3) is 5.91 Å². The Kier molecular flexibility index (Phi) is 5.47. The number of hydrogen-bond donors (Lipinski definition) is 2. The van der Waals surface area contributed by atoms with Crippen LogP contribution in [0, 0.1) is 17.7 Å². The highest BCUT2D eigenvalue weighted by Crippen LogP contribution is 2.18. The van der Waals surface area contributed by atoms with Crippen LogP contribution in [-0.2, 0) is 4.79 Å². The molecule has 0 aliphatic heterocycles. The van der Waals surface area contributed by atoms with Crippen LogP contribution in [0.25, 0.3) is 0 Å². The van der Waals surface area contributed by atoms with Crippen molar-refractivity contribution >= 4 is 27.8 Å². The maximum Gasteiger partial charge on any atom is 0.308 e. The second-order valence-electron chi connectivity index (χ2n) is 4.52. The zero-order chi connectivity index (χ0) is 14.6. The molecule has 1 atom stereocenters. The average Bonchev–Trinajstić information content (AvgIpc) is 2.31. The van der Waals surface area contributed by atoms with Crippen LogP contribution in [0.3, 0.4) is 0 Å². The van der Waals surface area contributed by atoms with Gasteiger partial charge in [0.15, 0.2) is 0 Å². The number of aliphatic carboxylic acids is 1. The monoisotopic (exact) mass is 331 g/mol. The number of carbonyl (C=O) groups is 2. The van der Waals surface area contributed by atoms with Crippen molar-refractivity contribution in [3.8, 4) is 0 Å². The molecule has 0 heterocycles. The summed E-state index contributed by atoms with van der Waals surface area (Å²) >= 11 is 3.15. The lowest BCUT2D eigenvalue weighted by molar-refractivity contribution is -0.142. The van der Waals surface area contributed by atoms with Crippen molar-refractivity contribution in [3.63, 3.8) is 0 Å². The fourth-order valence-corrected chi connectivity index (χ4v) is 2.00. The van der Waals surface area contributed by atoms with Gasteiger partial charge < -0.3 is 10.4 Å². The highest BCUT2D eigenvalue weighted by atomic mass is 79.9. The molecular weight excluding hydrogens is 317 g/mol. The van der Waals surface area contributed by atoms with E-state index >= 15 is 0 Å². The zero-order valence-electron chi connectivity index (χ0n) is 10.6. The Balaban J connectivity index is 2.75. The fourth-order valence-electron chi connectivity index (χ4n) is 1.58. The summed E-state index contributed by atoms with van der Waals surface area (Å²) in [5, 5.41) is 11.5. The first-order valence-electron chi connectivity index (χ1n) is 5.79. The van der Waals surface area contributed by atoms with Gasteiger partial charge in [0.05, 0.1) is 11.5 Å². The first kappa shape index (κ1) is 15.6. The second-order valence-corrected chi connectivity index (χ2v) is 5.38. The summed E-state index contributed by atoms with van der Waals surface area (Å²) in [4.78, 5) is 22.9. The average molecular weight is 332 g/mol. The van der Waals surface area contributed by atoms with Crippen molar-refractivity contribution in [2.75, 3.05) is 6.54 Å². The summed E-state index contributed by atoms with van der Waals surface area (Å²) in [6.07, 6.45) is 0. The summed E-state index contributed by atoms with van der Waals surface area (Å²) in [5.74, 6) is -2.76. The molecule has 19 heavy (non-hydrogen) atoms. The molecule has 4 nitrogen and oxygen atoms in total. The molecule has 1 aromatic rings. The van der Waals surface area contributed by atoms with E-state index in [-0.39, 0.29) is 18.0 Å². The van der Waals surface area contributed by atoms with Crippen LogP contribution in [0.2, 0.25) is 0 Å². The molecule has 1 aromatic carbocycles. The van der Waals surface area contributed by atoms with Gasteiger partial charge in [-0.25, -0.2) is 4.39 Å². The van der Waals surface area contributed by atoms with E-state index in [9.17, 15) is 14.0 Å². The van der Waals surface area contributed by atoms with E-state index in [1.807, 2.05) is 0 Å². The number of halogens is 2. The maximum atomic E-state index is 13.1. The summed E-state index contributed by atoms with van der Waals surface area (Å²) in [6, 6.07) is 3.76. The lowest BCUT2D eigenvalue weighted by atomic mass is 9.96. The number of carboxylic acid groups (broad SMARTS) is 1. The Bertz CT molecular complexity index is 491. The molecule has 1 amide bonds. The number of benzene rings is 1. The Morgan fingerprint density at radius 2 is 2.05 bits per heavy atom. The molecule has 1 rings (SSSR count). The van der Waals surface area contributed by atoms with Crippen LogP contribution in [-0.4, -0.2) is 23.5 Å². The van der Waals surface area contributed by atoms with E-state index in [4.69, 9.17) is 5.11 Å². The van der Waals surface area contributed by atoms with Gasteiger partial charge in [0.1, 0.15) is 5.82 Å². The number of carboxylic acids is 1. The Morgan fingerprint density at radius 1 is 1.42 bits per heavy atom. The Hall–Kier alpha value is -1.43. The second kappa shape index (κ2) is 6.65. The molecule has 0 saturated heterocycles. The standard InChI is InChI=1S/C13H15BrFNO3/c1-7(2)10(13(18)19)6-16-12(17)9-5-8(15)3-4-11(9)14/h3-5,7,10H,6H2,1-2H3,(H,16,17)(H,18,19). The van der Waals surface area contributed by atoms with Crippen molar-refractivity contribution in [2.24, 2.45) is 11.8 Å². The van der Waals surface area contributed by atoms with E-state index in [2.05, 4.69) is 21.2 Å². The van der Waals surface area contributed by atoms with Gasteiger partial charge in [-0.15, -0.1) is 0 Å². The minimum Gasteiger partial charge on any atom is -0.481 e. The molecule has 0 aromatic heterocycles. The van der Waals surface area contributed by atoms with E-state index in [0.717, 1.165) is 6.07 Å². The minimum absolute atomic E-state index is 0.00872. The molecule has 0 bridgehead atoms. The maximum absolute atomic E-state index is 13.1. The van der Waals surface area contributed by atoms with Crippen LogP contribution >= 0.6 is 15.9 Å². The molecule has 0 saturated carbocycles. The van der Waals surface area contributed by atoms with E-state index < -0.39 is 23.6 Å². The van der Waals surface area contributed by atoms with Gasteiger partial charge in [-0.3, -0.25) is 9.59 Å². The summed E-state index contributed by atoms with van der Waals surface area (Å²) < 4.78 is 13.5. The molecule has 0 aliphatic rings. The SMILES string of the molecule is CC(C)C(CNC(=O)c1cc(F)ccc1Br)C(=O)O. The van der Waals surface area contributed by atoms with Gasteiger partial charge in [0.2, 0.25) is 0 Å². The highest BCUT2D eigenvalue weighted by molar-refractivity contribution is 9.10. The minimum atomic E-state index is -0.964. The molecule has 0 radical (unpaired) electrons. The van der Waals surface area contributed by atoms with Crippen molar-refractivity contribution in [2.45, 2.75) is 13.8 Å². The zero-order valence-corrected chi connectivity index (χ0v) is 12.2. The van der Waals surface area contributed by atoms with Gasteiger partial charge in [-0.05, 0) is 40.0 Å². The number of rotatable bonds is 5. The van der Waals surface area contributed by atoms with Gasteiger partial charge in [-0.2, -0.15) is 0 Å². The Labute approximate surface area is 119 Å². The topological polar surface area (TPSA) is 66.4 Å². The number of carbonyl (C=O) groups excluding carboxylic acids is 1. The molecule has 6 heteroatoms. The largest absolute Gasteiger partial charge is 0.481 e. The van der Waals surface area contributed by atoms with E-state index in [0.29, 0.717) is 4.47 Å². The third kappa shape index (κ3) is 4.31. The van der Waals surface area contributed by atoms with Crippen LogP contribution in [0.1, 0.15) is 24.2 Å². The molecule has 0 fully saturated rings. The lowest BCUT2D eigenvalue weighted by Crippen LogP contribution is -2.35. The fraction of sp³-hybridized carbons (Fsp3) is 0.385. The number of hydrogen-bond acceptors (Lipinski definition) is 2. The van der Waals surface area contributed by atoms with Gasteiger partial charge in [0, 0.05) is 11.0 Å². The molecule has 0 spiro atoms. The third-order valence-electron chi connectivity index (χ3n) is 2.78. The van der Waals surface area contributed by atoms with Crippen LogP contribution in [0.15, 0.2) is 22.7 Å². The van der Waals surface area contributed by atoms with Crippen LogP contribution < -0.4 is 5.32 Å². The highest BCUT2D eigenvalue weighted by Gasteiger charge is 2.22. The predicted octanol–water partition coefficient (Wildman–Crippen LogP) is 2.67. The van der Waals surface area contributed by atoms with E-state index in [1.54, 1.807) is 13.8 Å². The number of amides is 1. The quantitative estimate of drug-likeness (QED) is 0.871. The smallest absolute Gasteiger partial charge is 0.308 e. The predicted molar refractivity (Wildman–Crippen MR) is 72.4 cm³/mol. The van der Waals surface area contributed by atoms with E-state index in [1.165, 1.54) is 12.1 Å². The first-order chi connectivity index (χ1) is 8.82.